The first-order valence-electron chi connectivity index (χ1n) is 5.08. The summed E-state index contributed by atoms with van der Waals surface area (Å²) in [6, 6.07) is 6.89. The maximum atomic E-state index is 5.98. The zero-order valence-electron chi connectivity index (χ0n) is 9.15. The Morgan fingerprint density at radius 2 is 1.61 bits per heavy atom. The van der Waals surface area contributed by atoms with Gasteiger partial charge < -0.3 is 0 Å². The molecule has 18 heavy (non-hydrogen) atoms. The number of hydrogen-bond donors (Lipinski definition) is 0. The predicted molar refractivity (Wildman–Crippen MR) is 73.9 cm³/mol. The maximum absolute atomic E-state index is 5.98. The molecule has 92 valence electrons. The lowest BCUT2D eigenvalue weighted by Gasteiger charge is -2.01. The van der Waals surface area contributed by atoms with Crippen molar-refractivity contribution in [3.63, 3.8) is 0 Å². The van der Waals surface area contributed by atoms with Crippen LogP contribution in [-0.2, 0) is 6.54 Å². The van der Waals surface area contributed by atoms with Gasteiger partial charge in [-0.15, -0.1) is 0 Å². The molecule has 0 spiro atoms. The fourth-order valence-electron chi connectivity index (χ4n) is 1.31. The van der Waals surface area contributed by atoms with E-state index < -0.39 is 0 Å². The lowest BCUT2D eigenvalue weighted by Crippen LogP contribution is -1.80. The largest absolute Gasteiger partial charge is 0.265 e. The van der Waals surface area contributed by atoms with E-state index in [-0.39, 0.29) is 0 Å². The molecular weight excluding hydrogens is 293 g/mol. The van der Waals surface area contributed by atoms with Crippen molar-refractivity contribution in [3.8, 4) is 0 Å². The first kappa shape index (κ1) is 13.3. The molecular formula is C12H8Cl3N3. The van der Waals surface area contributed by atoms with Crippen molar-refractivity contribution in [1.82, 2.24) is 4.98 Å². The summed E-state index contributed by atoms with van der Waals surface area (Å²) >= 11 is 17.8. The van der Waals surface area contributed by atoms with Crippen LogP contribution in [0.5, 0.6) is 0 Å². The molecule has 1 aromatic carbocycles. The minimum absolute atomic E-state index is 0.381. The van der Waals surface area contributed by atoms with E-state index in [0.29, 0.717) is 27.3 Å². The monoisotopic (exact) mass is 299 g/mol. The van der Waals surface area contributed by atoms with Crippen molar-refractivity contribution in [2.45, 2.75) is 6.54 Å². The molecule has 6 heteroatoms. The number of azo groups is 1. The molecule has 0 aliphatic heterocycles. The van der Waals surface area contributed by atoms with Crippen molar-refractivity contribution in [2.75, 3.05) is 0 Å². The van der Waals surface area contributed by atoms with Gasteiger partial charge in [-0.3, -0.25) is 4.98 Å². The maximum Gasteiger partial charge on any atom is 0.123 e. The number of aromatic nitrogens is 1. The molecule has 2 rings (SSSR count). The molecule has 3 nitrogen and oxygen atoms in total. The molecule has 0 saturated heterocycles. The number of benzene rings is 1. The Morgan fingerprint density at radius 3 is 2.22 bits per heavy atom. The topological polar surface area (TPSA) is 37.6 Å². The zero-order chi connectivity index (χ0) is 13.0. The van der Waals surface area contributed by atoms with Gasteiger partial charge in [-0.05, 0) is 29.8 Å². The highest BCUT2D eigenvalue weighted by atomic mass is 35.5. The highest BCUT2D eigenvalue weighted by Crippen LogP contribution is 2.36. The zero-order valence-corrected chi connectivity index (χ0v) is 11.4. The van der Waals surface area contributed by atoms with Crippen LogP contribution < -0.4 is 0 Å². The molecule has 0 amide bonds. The van der Waals surface area contributed by atoms with Gasteiger partial charge in [0.25, 0.3) is 0 Å². The van der Waals surface area contributed by atoms with Gasteiger partial charge in [0.05, 0.1) is 16.6 Å². The molecule has 0 aliphatic carbocycles. The third kappa shape index (κ3) is 3.42. The summed E-state index contributed by atoms with van der Waals surface area (Å²) in [5.41, 5.74) is 1.44. The number of hydrogen-bond acceptors (Lipinski definition) is 3. The fraction of sp³-hybridized carbons (Fsp3) is 0.0833. The van der Waals surface area contributed by atoms with Gasteiger partial charge in [0, 0.05) is 17.4 Å². The van der Waals surface area contributed by atoms with Crippen LogP contribution in [0.2, 0.25) is 15.1 Å². The average molecular weight is 301 g/mol. The van der Waals surface area contributed by atoms with Gasteiger partial charge >= 0.3 is 0 Å². The van der Waals surface area contributed by atoms with Gasteiger partial charge in [-0.2, -0.15) is 10.2 Å². The molecule has 0 radical (unpaired) electrons. The SMILES string of the molecule is Clc1cc(Cl)c(N=NCc2ccncc2)c(Cl)c1. The van der Waals surface area contributed by atoms with E-state index in [1.807, 2.05) is 12.1 Å². The van der Waals surface area contributed by atoms with Crippen molar-refractivity contribution >= 4 is 40.5 Å². The second-order valence-corrected chi connectivity index (χ2v) is 4.72. The predicted octanol–water partition coefficient (Wildman–Crippen LogP) is 5.33. The lowest BCUT2D eigenvalue weighted by molar-refractivity contribution is 0.955. The summed E-state index contributed by atoms with van der Waals surface area (Å²) in [7, 11) is 0. The van der Waals surface area contributed by atoms with E-state index in [0.717, 1.165) is 5.56 Å². The van der Waals surface area contributed by atoms with Crippen LogP contribution in [0.3, 0.4) is 0 Å². The molecule has 1 aromatic heterocycles. The lowest BCUT2D eigenvalue weighted by atomic mass is 10.3. The highest BCUT2D eigenvalue weighted by Gasteiger charge is 2.06. The number of nitrogens with zero attached hydrogens (tertiary/aromatic N) is 3. The van der Waals surface area contributed by atoms with Crippen LogP contribution in [-0.4, -0.2) is 4.98 Å². The summed E-state index contributed by atoms with van der Waals surface area (Å²) in [6.45, 7) is 0.442. The van der Waals surface area contributed by atoms with Crippen molar-refractivity contribution < 1.29 is 0 Å². The summed E-state index contributed by atoms with van der Waals surface area (Å²) < 4.78 is 0. The number of pyridine rings is 1. The number of rotatable bonds is 3. The Hall–Kier alpha value is -1.16. The Balaban J connectivity index is 2.15. The first-order chi connectivity index (χ1) is 8.66. The van der Waals surface area contributed by atoms with Gasteiger partial charge in [0.15, 0.2) is 0 Å². The molecule has 0 aliphatic rings. The third-order valence-electron chi connectivity index (χ3n) is 2.16. The Kier molecular flexibility index (Phi) is 4.53. The van der Waals surface area contributed by atoms with E-state index >= 15 is 0 Å². The summed E-state index contributed by atoms with van der Waals surface area (Å²) in [4.78, 5) is 3.92. The van der Waals surface area contributed by atoms with E-state index in [9.17, 15) is 0 Å². The van der Waals surface area contributed by atoms with E-state index in [2.05, 4.69) is 15.2 Å². The van der Waals surface area contributed by atoms with Gasteiger partial charge in [-0.25, -0.2) is 0 Å². The number of halogens is 3. The van der Waals surface area contributed by atoms with Gasteiger partial charge in [-0.1, -0.05) is 34.8 Å². The molecule has 0 N–H and O–H groups in total. The Bertz CT molecular complexity index is 547. The fourth-order valence-corrected chi connectivity index (χ4v) is 2.20. The van der Waals surface area contributed by atoms with E-state index in [4.69, 9.17) is 34.8 Å². The molecule has 0 fully saturated rings. The molecule has 1 heterocycles. The summed E-state index contributed by atoms with van der Waals surface area (Å²) in [5, 5.41) is 9.30. The van der Waals surface area contributed by atoms with Crippen LogP contribution in [0.4, 0.5) is 5.69 Å². The second-order valence-electron chi connectivity index (χ2n) is 3.47. The molecule has 0 unspecified atom stereocenters. The summed E-state index contributed by atoms with van der Waals surface area (Å²) in [5.74, 6) is 0. The van der Waals surface area contributed by atoms with Crippen LogP contribution in [0, 0.1) is 0 Å². The molecule has 2 aromatic rings. The van der Waals surface area contributed by atoms with Gasteiger partial charge in [0.2, 0.25) is 0 Å². The standard InChI is InChI=1S/C12H8Cl3N3/c13-9-5-10(14)12(11(15)6-9)18-17-7-8-1-3-16-4-2-8/h1-6H,7H2. The average Bonchev–Trinajstić information content (AvgIpc) is 2.34. The minimum atomic E-state index is 0.381. The first-order valence-corrected chi connectivity index (χ1v) is 6.21. The van der Waals surface area contributed by atoms with Crippen LogP contribution >= 0.6 is 34.8 Å². The Morgan fingerprint density at radius 1 is 1.00 bits per heavy atom. The normalized spacial score (nSPS) is 11.1. The quantitative estimate of drug-likeness (QED) is 0.706. The van der Waals surface area contributed by atoms with E-state index in [1.165, 1.54) is 0 Å². The minimum Gasteiger partial charge on any atom is -0.265 e. The van der Waals surface area contributed by atoms with Crippen molar-refractivity contribution in [3.05, 3.63) is 57.3 Å². The molecule has 0 bridgehead atoms. The van der Waals surface area contributed by atoms with E-state index in [1.54, 1.807) is 24.5 Å². The van der Waals surface area contributed by atoms with Crippen LogP contribution in [0.15, 0.2) is 46.9 Å². The smallest absolute Gasteiger partial charge is 0.123 e. The van der Waals surface area contributed by atoms with Crippen molar-refractivity contribution in [2.24, 2.45) is 10.2 Å². The Labute approximate surface area is 119 Å². The van der Waals surface area contributed by atoms with Gasteiger partial charge in [0.1, 0.15) is 5.69 Å². The van der Waals surface area contributed by atoms with Crippen LogP contribution in [0.25, 0.3) is 0 Å². The molecule has 0 saturated carbocycles. The second kappa shape index (κ2) is 6.14. The summed E-state index contributed by atoms with van der Waals surface area (Å²) in [6.07, 6.45) is 3.40. The van der Waals surface area contributed by atoms with Crippen molar-refractivity contribution in [1.29, 1.82) is 0 Å². The highest BCUT2D eigenvalue weighted by molar-refractivity contribution is 6.41. The third-order valence-corrected chi connectivity index (χ3v) is 2.95. The molecule has 0 atom stereocenters. The van der Waals surface area contributed by atoms with Crippen LogP contribution in [0.1, 0.15) is 5.56 Å².